The van der Waals surface area contributed by atoms with Gasteiger partial charge in [0.2, 0.25) is 0 Å². The molecule has 11 nitrogen and oxygen atoms in total. The minimum atomic E-state index is -0.832. The number of fused-ring (bicyclic) bond motifs is 2. The molecule has 1 aliphatic heterocycles. The van der Waals surface area contributed by atoms with Crippen molar-refractivity contribution in [1.82, 2.24) is 19.4 Å². The zero-order valence-corrected chi connectivity index (χ0v) is 27.7. The molecule has 0 saturated heterocycles. The van der Waals surface area contributed by atoms with Gasteiger partial charge in [-0.3, -0.25) is 24.3 Å². The minimum Gasteiger partial charge on any atom is -0.496 e. The predicted molar refractivity (Wildman–Crippen MR) is 181 cm³/mol. The zero-order valence-electron chi connectivity index (χ0n) is 26.0. The Balaban J connectivity index is 1.56. The number of hydrogen-bond acceptors (Lipinski definition) is 10. The van der Waals surface area contributed by atoms with Crippen molar-refractivity contribution in [3.8, 4) is 5.75 Å². The number of ether oxygens (including phenoxy) is 1. The van der Waals surface area contributed by atoms with Gasteiger partial charge < -0.3 is 9.64 Å². The lowest BCUT2D eigenvalue weighted by atomic mass is 9.90. The van der Waals surface area contributed by atoms with E-state index in [0.29, 0.717) is 60.6 Å². The van der Waals surface area contributed by atoms with Crippen LogP contribution in [0.3, 0.4) is 0 Å². The standard InChI is InChI=1S/C34H30N6O5S2/c1-5-38(6-2)32(42)28-20(3)37-34-39(30(28)29-23-11-8-7-10-22(23)13-14-25(29)45-4)31(41)27(47-34)19-21-12-15-26(24(18-21)40(43)44)46-33-35-16-9-17-36-33/h7-19,30H,5-6H2,1-4H3/b27-19-/t30-/m1/s1. The average Bonchev–Trinajstić information content (AvgIpc) is 3.38. The molecule has 5 aromatic rings. The molecule has 1 aliphatic rings. The number of carbonyl (C=O) groups excluding carboxylic acids is 1. The molecule has 47 heavy (non-hydrogen) atoms. The SMILES string of the molecule is CCN(CC)C(=O)C1=C(C)N=c2s/c(=C\c3ccc(Sc4ncccn4)c([N+](=O)[O-])c3)c(=O)n2[C@H]1c1c(OC)ccc2ccccc12. The van der Waals surface area contributed by atoms with Crippen LogP contribution in [0.25, 0.3) is 16.8 Å². The fraction of sp³-hybridized carbons (Fsp3) is 0.206. The maximum Gasteiger partial charge on any atom is 0.283 e. The van der Waals surface area contributed by atoms with E-state index >= 15 is 0 Å². The summed E-state index contributed by atoms with van der Waals surface area (Å²) in [6, 6.07) is 17.2. The van der Waals surface area contributed by atoms with Crippen LogP contribution >= 0.6 is 23.1 Å². The van der Waals surface area contributed by atoms with E-state index in [1.807, 2.05) is 50.2 Å². The highest BCUT2D eigenvalue weighted by atomic mass is 32.2. The summed E-state index contributed by atoms with van der Waals surface area (Å²) in [5.74, 6) is 0.325. The first-order valence-electron chi connectivity index (χ1n) is 14.9. The number of carbonyl (C=O) groups is 1. The largest absolute Gasteiger partial charge is 0.496 e. The lowest BCUT2D eigenvalue weighted by Crippen LogP contribution is -2.43. The molecule has 0 fully saturated rings. The van der Waals surface area contributed by atoms with E-state index in [1.54, 1.807) is 60.2 Å². The van der Waals surface area contributed by atoms with Crippen molar-refractivity contribution in [3.63, 3.8) is 0 Å². The molecule has 238 valence electrons. The molecule has 1 atom stereocenters. The molecule has 0 radical (unpaired) electrons. The summed E-state index contributed by atoms with van der Waals surface area (Å²) in [5.41, 5.74) is 1.55. The van der Waals surface area contributed by atoms with E-state index in [4.69, 9.17) is 9.73 Å². The van der Waals surface area contributed by atoms with Gasteiger partial charge in [-0.15, -0.1) is 0 Å². The van der Waals surface area contributed by atoms with Crippen LogP contribution in [-0.4, -0.2) is 50.5 Å². The highest BCUT2D eigenvalue weighted by Crippen LogP contribution is 2.40. The highest BCUT2D eigenvalue weighted by Gasteiger charge is 2.36. The summed E-state index contributed by atoms with van der Waals surface area (Å²) in [5, 5.41) is 14.2. The Morgan fingerprint density at radius 1 is 1.11 bits per heavy atom. The number of likely N-dealkylation sites (N-methyl/N-ethyl adjacent to an activating group) is 1. The summed E-state index contributed by atoms with van der Waals surface area (Å²) in [6.45, 7) is 6.58. The Labute approximate surface area is 277 Å². The van der Waals surface area contributed by atoms with Gasteiger partial charge in [0.05, 0.1) is 32.7 Å². The molecule has 0 N–H and O–H groups in total. The number of rotatable bonds is 9. The molecule has 3 aromatic carbocycles. The van der Waals surface area contributed by atoms with Gasteiger partial charge in [-0.1, -0.05) is 47.7 Å². The molecule has 1 amide bonds. The van der Waals surface area contributed by atoms with Crippen LogP contribution in [0.4, 0.5) is 5.69 Å². The molecule has 2 aromatic heterocycles. The van der Waals surface area contributed by atoms with Crippen molar-refractivity contribution in [2.75, 3.05) is 20.2 Å². The second-order valence-corrected chi connectivity index (χ2v) is 12.6. The fourth-order valence-corrected chi connectivity index (χ4v) is 7.57. The lowest BCUT2D eigenvalue weighted by molar-refractivity contribution is -0.387. The highest BCUT2D eigenvalue weighted by molar-refractivity contribution is 7.99. The number of benzene rings is 3. The van der Waals surface area contributed by atoms with Gasteiger partial charge in [0, 0.05) is 37.1 Å². The number of thiazole rings is 1. The lowest BCUT2D eigenvalue weighted by Gasteiger charge is -2.30. The van der Waals surface area contributed by atoms with Gasteiger partial charge in [-0.05, 0) is 73.1 Å². The van der Waals surface area contributed by atoms with E-state index in [1.165, 1.54) is 17.4 Å². The van der Waals surface area contributed by atoms with Gasteiger partial charge >= 0.3 is 0 Å². The number of amides is 1. The average molecular weight is 667 g/mol. The molecule has 13 heteroatoms. The molecule has 0 bridgehead atoms. The quantitative estimate of drug-likeness (QED) is 0.120. The number of nitrogens with zero attached hydrogens (tertiary/aromatic N) is 6. The Morgan fingerprint density at radius 3 is 2.55 bits per heavy atom. The monoisotopic (exact) mass is 666 g/mol. The molecule has 6 rings (SSSR count). The predicted octanol–water partition coefficient (Wildman–Crippen LogP) is 5.11. The normalized spacial score (nSPS) is 14.6. The zero-order chi connectivity index (χ0) is 33.2. The molecule has 0 spiro atoms. The Bertz CT molecular complexity index is 2240. The smallest absolute Gasteiger partial charge is 0.283 e. The second-order valence-electron chi connectivity index (χ2n) is 10.6. The summed E-state index contributed by atoms with van der Waals surface area (Å²) in [4.78, 5) is 55.7. The first-order chi connectivity index (χ1) is 22.7. The number of nitro benzene ring substituents is 1. The van der Waals surface area contributed by atoms with Crippen LogP contribution in [0.5, 0.6) is 5.75 Å². The number of allylic oxidation sites excluding steroid dienone is 1. The first-order valence-corrected chi connectivity index (χ1v) is 16.5. The number of nitro groups is 1. The van der Waals surface area contributed by atoms with E-state index in [2.05, 4.69) is 9.97 Å². The molecular weight excluding hydrogens is 637 g/mol. The van der Waals surface area contributed by atoms with Crippen LogP contribution in [-0.2, 0) is 4.79 Å². The van der Waals surface area contributed by atoms with Crippen LogP contribution < -0.4 is 19.6 Å². The topological polar surface area (TPSA) is 133 Å². The molecule has 0 saturated carbocycles. The van der Waals surface area contributed by atoms with Crippen molar-refractivity contribution in [1.29, 1.82) is 0 Å². The van der Waals surface area contributed by atoms with Crippen LogP contribution in [0.2, 0.25) is 0 Å². The Kier molecular flexibility index (Phi) is 9.01. The van der Waals surface area contributed by atoms with Crippen molar-refractivity contribution >= 4 is 51.5 Å². The van der Waals surface area contributed by atoms with Gasteiger partial charge in [-0.25, -0.2) is 15.0 Å². The minimum absolute atomic E-state index is 0.134. The van der Waals surface area contributed by atoms with Crippen molar-refractivity contribution in [3.05, 3.63) is 125 Å². The molecule has 0 aliphatic carbocycles. The summed E-state index contributed by atoms with van der Waals surface area (Å²) in [7, 11) is 1.57. The number of methoxy groups -OCH3 is 1. The molecule has 0 unspecified atom stereocenters. The van der Waals surface area contributed by atoms with Gasteiger partial charge in [0.25, 0.3) is 17.2 Å². The Morgan fingerprint density at radius 2 is 1.85 bits per heavy atom. The number of aromatic nitrogens is 3. The van der Waals surface area contributed by atoms with Gasteiger partial charge in [0.1, 0.15) is 11.8 Å². The van der Waals surface area contributed by atoms with E-state index < -0.39 is 11.0 Å². The van der Waals surface area contributed by atoms with Crippen molar-refractivity contribution < 1.29 is 14.5 Å². The summed E-state index contributed by atoms with van der Waals surface area (Å²) < 4.78 is 7.73. The van der Waals surface area contributed by atoms with Gasteiger partial charge in [0.15, 0.2) is 9.96 Å². The van der Waals surface area contributed by atoms with E-state index in [-0.39, 0.29) is 17.2 Å². The van der Waals surface area contributed by atoms with E-state index in [9.17, 15) is 19.7 Å². The third-order valence-electron chi connectivity index (χ3n) is 7.95. The van der Waals surface area contributed by atoms with Gasteiger partial charge in [-0.2, -0.15) is 0 Å². The maximum atomic E-state index is 14.4. The van der Waals surface area contributed by atoms with Crippen LogP contribution in [0.1, 0.15) is 37.9 Å². The first kappa shape index (κ1) is 31.8. The summed E-state index contributed by atoms with van der Waals surface area (Å²) in [6.07, 6.45) is 4.75. The third kappa shape index (κ3) is 5.95. The van der Waals surface area contributed by atoms with Crippen molar-refractivity contribution in [2.24, 2.45) is 4.99 Å². The second kappa shape index (κ2) is 13.3. The van der Waals surface area contributed by atoms with Crippen molar-refractivity contribution in [2.45, 2.75) is 36.9 Å². The molecule has 3 heterocycles. The Hall–Kier alpha value is -5.14. The third-order valence-corrected chi connectivity index (χ3v) is 9.89. The van der Waals surface area contributed by atoms with Crippen LogP contribution in [0, 0.1) is 10.1 Å². The molecular formula is C34H30N6O5S2. The summed E-state index contributed by atoms with van der Waals surface area (Å²) >= 11 is 2.25. The maximum absolute atomic E-state index is 14.4. The number of hydrogen-bond donors (Lipinski definition) is 0. The van der Waals surface area contributed by atoms with E-state index in [0.717, 1.165) is 22.5 Å². The van der Waals surface area contributed by atoms with Crippen LogP contribution in [0.15, 0.2) is 104 Å². The fourth-order valence-electron chi connectivity index (χ4n) is 5.73.